The number of nitrogens with two attached hydrogens (primary N) is 1. The Bertz CT molecular complexity index is 922. The summed E-state index contributed by atoms with van der Waals surface area (Å²) in [5.74, 6) is 2.32. The Hall–Kier alpha value is -3.11. The van der Waals surface area contributed by atoms with Gasteiger partial charge in [0, 0.05) is 52.4 Å². The number of aromatic nitrogens is 2. The molecule has 204 valence electrons. The van der Waals surface area contributed by atoms with Gasteiger partial charge in [-0.3, -0.25) is 5.32 Å². The van der Waals surface area contributed by atoms with Gasteiger partial charge in [-0.15, -0.1) is 0 Å². The second-order valence-electron chi connectivity index (χ2n) is 9.81. The number of pyridine rings is 2. The summed E-state index contributed by atoms with van der Waals surface area (Å²) in [7, 11) is 0. The molecule has 0 spiro atoms. The monoisotopic (exact) mass is 512 g/mol. The van der Waals surface area contributed by atoms with Crippen LogP contribution in [-0.4, -0.2) is 97.9 Å². The highest BCUT2D eigenvalue weighted by Gasteiger charge is 2.17. The summed E-state index contributed by atoms with van der Waals surface area (Å²) >= 11 is 0. The van der Waals surface area contributed by atoms with Crippen LogP contribution < -0.4 is 20.9 Å². The summed E-state index contributed by atoms with van der Waals surface area (Å²) in [5, 5.41) is 2.69. The Labute approximate surface area is 221 Å². The molecule has 1 amide bonds. The smallest absolute Gasteiger partial charge is 0.411 e. The standard InChI is InChI=1S/C16H26N4O2.C11H18N4/c1-4-19-7-9-20(10-8-19)15-6-5-14(11-17-15)18-16(21)22-12-13(2)3;1-2-14-5-7-15(8-6-14)11-4-3-10(12)9-13-11/h5-6,11,13H,4,7-10,12H2,1-3H3,(H,18,21);3-4,9H,2,5-8,12H2,1H3. The molecule has 4 heterocycles. The van der Waals surface area contributed by atoms with Gasteiger partial charge in [-0.2, -0.15) is 0 Å². The maximum atomic E-state index is 11.6. The Kier molecular flexibility index (Phi) is 11.2. The number of carbonyl (C=O) groups is 1. The molecule has 0 atom stereocenters. The molecule has 2 saturated heterocycles. The zero-order valence-corrected chi connectivity index (χ0v) is 22.9. The van der Waals surface area contributed by atoms with E-state index in [0.29, 0.717) is 18.2 Å². The number of amides is 1. The highest BCUT2D eigenvalue weighted by Crippen LogP contribution is 2.17. The molecule has 10 nitrogen and oxygen atoms in total. The number of anilines is 4. The van der Waals surface area contributed by atoms with Crippen LogP contribution in [0.1, 0.15) is 27.7 Å². The van der Waals surface area contributed by atoms with Crippen LogP contribution in [-0.2, 0) is 4.74 Å². The zero-order valence-electron chi connectivity index (χ0n) is 22.9. The van der Waals surface area contributed by atoms with Gasteiger partial charge < -0.3 is 30.1 Å². The van der Waals surface area contributed by atoms with Crippen molar-refractivity contribution in [3.63, 3.8) is 0 Å². The highest BCUT2D eigenvalue weighted by atomic mass is 16.5. The third kappa shape index (κ3) is 9.36. The summed E-state index contributed by atoms with van der Waals surface area (Å²) in [4.78, 5) is 29.8. The van der Waals surface area contributed by atoms with Crippen LogP contribution in [0.5, 0.6) is 0 Å². The first-order valence-corrected chi connectivity index (χ1v) is 13.4. The molecular weight excluding hydrogens is 468 g/mol. The molecule has 2 aliphatic heterocycles. The van der Waals surface area contributed by atoms with Crippen molar-refractivity contribution in [1.29, 1.82) is 0 Å². The minimum absolute atomic E-state index is 0.327. The fourth-order valence-corrected chi connectivity index (χ4v) is 4.21. The van der Waals surface area contributed by atoms with E-state index in [0.717, 1.165) is 82.8 Å². The van der Waals surface area contributed by atoms with Crippen LogP contribution in [0.4, 0.5) is 27.8 Å². The molecule has 0 bridgehead atoms. The lowest BCUT2D eigenvalue weighted by Crippen LogP contribution is -2.46. The lowest BCUT2D eigenvalue weighted by atomic mass is 10.2. The number of nitrogen functional groups attached to an aromatic ring is 1. The molecule has 2 aliphatic rings. The predicted molar refractivity (Wildman–Crippen MR) is 151 cm³/mol. The van der Waals surface area contributed by atoms with E-state index in [1.54, 1.807) is 12.4 Å². The molecule has 0 aliphatic carbocycles. The van der Waals surface area contributed by atoms with E-state index >= 15 is 0 Å². The van der Waals surface area contributed by atoms with E-state index < -0.39 is 6.09 Å². The van der Waals surface area contributed by atoms with Gasteiger partial charge in [0.05, 0.1) is 30.4 Å². The molecule has 2 aromatic rings. The average Bonchev–Trinajstić information content (AvgIpc) is 2.93. The predicted octanol–water partition coefficient (Wildman–Crippen LogP) is 3.23. The number of nitrogens with one attached hydrogen (secondary N) is 1. The van der Waals surface area contributed by atoms with Crippen molar-refractivity contribution in [2.45, 2.75) is 27.7 Å². The van der Waals surface area contributed by atoms with Crippen molar-refractivity contribution in [3.8, 4) is 0 Å². The van der Waals surface area contributed by atoms with Crippen LogP contribution in [0.25, 0.3) is 0 Å². The summed E-state index contributed by atoms with van der Waals surface area (Å²) in [6.07, 6.45) is 2.97. The summed E-state index contributed by atoms with van der Waals surface area (Å²) in [6.45, 7) is 19.5. The van der Waals surface area contributed by atoms with E-state index in [1.807, 2.05) is 38.1 Å². The normalized spacial score (nSPS) is 16.8. The summed E-state index contributed by atoms with van der Waals surface area (Å²) < 4.78 is 5.08. The lowest BCUT2D eigenvalue weighted by molar-refractivity contribution is 0.147. The zero-order chi connectivity index (χ0) is 26.6. The number of likely N-dealkylation sites (N-methyl/N-ethyl adjacent to an activating group) is 2. The van der Waals surface area contributed by atoms with E-state index in [2.05, 4.69) is 48.7 Å². The van der Waals surface area contributed by atoms with Gasteiger partial charge in [-0.05, 0) is 43.3 Å². The van der Waals surface area contributed by atoms with Crippen molar-refractivity contribution in [2.75, 3.05) is 92.9 Å². The van der Waals surface area contributed by atoms with Crippen molar-refractivity contribution in [1.82, 2.24) is 19.8 Å². The Morgan fingerprint density at radius 3 is 1.78 bits per heavy atom. The van der Waals surface area contributed by atoms with Crippen LogP contribution in [0, 0.1) is 5.92 Å². The maximum Gasteiger partial charge on any atom is 0.411 e. The molecule has 0 unspecified atom stereocenters. The van der Waals surface area contributed by atoms with E-state index in [4.69, 9.17) is 10.5 Å². The van der Waals surface area contributed by atoms with Gasteiger partial charge >= 0.3 is 6.09 Å². The third-order valence-corrected chi connectivity index (χ3v) is 6.60. The van der Waals surface area contributed by atoms with Gasteiger partial charge in [0.2, 0.25) is 0 Å². The molecule has 10 heteroatoms. The first-order chi connectivity index (χ1) is 17.9. The van der Waals surface area contributed by atoms with Gasteiger partial charge in [0.25, 0.3) is 0 Å². The van der Waals surface area contributed by atoms with Crippen LogP contribution in [0.15, 0.2) is 36.7 Å². The third-order valence-electron chi connectivity index (χ3n) is 6.60. The fraction of sp³-hybridized carbons (Fsp3) is 0.593. The number of hydrogen-bond donors (Lipinski definition) is 2. The molecule has 2 aromatic heterocycles. The van der Waals surface area contributed by atoms with Gasteiger partial charge in [-0.25, -0.2) is 14.8 Å². The van der Waals surface area contributed by atoms with Crippen molar-refractivity contribution < 1.29 is 9.53 Å². The Balaban J connectivity index is 0.000000220. The fourth-order valence-electron chi connectivity index (χ4n) is 4.21. The average molecular weight is 513 g/mol. The van der Waals surface area contributed by atoms with E-state index in [9.17, 15) is 4.79 Å². The van der Waals surface area contributed by atoms with Gasteiger partial charge in [0.1, 0.15) is 11.6 Å². The van der Waals surface area contributed by atoms with Crippen molar-refractivity contribution in [2.24, 2.45) is 5.92 Å². The minimum atomic E-state index is -0.431. The Morgan fingerprint density at radius 1 is 0.865 bits per heavy atom. The SMILES string of the molecule is CCN1CCN(c2ccc(N)cn2)CC1.CCN1CCN(c2ccc(NC(=O)OCC(C)C)cn2)CC1. The molecule has 0 saturated carbocycles. The second kappa shape index (κ2) is 14.6. The van der Waals surface area contributed by atoms with E-state index in [-0.39, 0.29) is 0 Å². The topological polar surface area (TPSA) is 103 Å². The molecular formula is C27H44N8O2. The summed E-state index contributed by atoms with van der Waals surface area (Å²) in [5.41, 5.74) is 7.00. The van der Waals surface area contributed by atoms with E-state index in [1.165, 1.54) is 0 Å². The van der Waals surface area contributed by atoms with Crippen LogP contribution in [0.3, 0.4) is 0 Å². The first kappa shape index (κ1) is 28.5. The van der Waals surface area contributed by atoms with Gasteiger partial charge in [-0.1, -0.05) is 27.7 Å². The number of rotatable bonds is 7. The summed E-state index contributed by atoms with van der Waals surface area (Å²) in [6, 6.07) is 7.72. The number of carbonyl (C=O) groups excluding carboxylic acids is 1. The van der Waals surface area contributed by atoms with Gasteiger partial charge in [0.15, 0.2) is 0 Å². The largest absolute Gasteiger partial charge is 0.449 e. The molecule has 3 N–H and O–H groups in total. The first-order valence-electron chi connectivity index (χ1n) is 13.4. The van der Waals surface area contributed by atoms with Crippen LogP contribution in [0.2, 0.25) is 0 Å². The molecule has 4 rings (SSSR count). The number of ether oxygens (including phenoxy) is 1. The molecule has 37 heavy (non-hydrogen) atoms. The number of piperazine rings is 2. The van der Waals surface area contributed by atoms with Crippen molar-refractivity contribution in [3.05, 3.63) is 36.7 Å². The lowest BCUT2D eigenvalue weighted by Gasteiger charge is -2.34. The second-order valence-corrected chi connectivity index (χ2v) is 9.81. The molecule has 2 fully saturated rings. The van der Waals surface area contributed by atoms with Crippen molar-refractivity contribution >= 4 is 29.1 Å². The number of nitrogens with zero attached hydrogens (tertiary/aromatic N) is 6. The molecule has 0 aromatic carbocycles. The minimum Gasteiger partial charge on any atom is -0.449 e. The Morgan fingerprint density at radius 2 is 1.38 bits per heavy atom. The quantitative estimate of drug-likeness (QED) is 0.579. The molecule has 0 radical (unpaired) electrons. The van der Waals surface area contributed by atoms with Crippen LogP contribution >= 0.6 is 0 Å². The maximum absolute atomic E-state index is 11.6. The highest BCUT2D eigenvalue weighted by molar-refractivity contribution is 5.84. The number of hydrogen-bond acceptors (Lipinski definition) is 9.